The van der Waals surface area contributed by atoms with Gasteiger partial charge in [0.2, 0.25) is 0 Å². The van der Waals surface area contributed by atoms with Crippen LogP contribution in [-0.2, 0) is 0 Å². The van der Waals surface area contributed by atoms with E-state index in [-0.39, 0.29) is 12.0 Å². The first-order valence-electron chi connectivity index (χ1n) is 6.62. The Hall–Kier alpha value is -2.57. The van der Waals surface area contributed by atoms with Gasteiger partial charge in [-0.25, -0.2) is 9.97 Å². The van der Waals surface area contributed by atoms with Crippen LogP contribution in [0, 0.1) is 0 Å². The summed E-state index contributed by atoms with van der Waals surface area (Å²) < 4.78 is 16.0. The zero-order valence-corrected chi connectivity index (χ0v) is 11.6. The first-order valence-corrected chi connectivity index (χ1v) is 6.62. The highest BCUT2D eigenvalue weighted by molar-refractivity contribution is 5.91. The van der Waals surface area contributed by atoms with Crippen molar-refractivity contribution in [3.8, 4) is 11.8 Å². The molecule has 1 saturated heterocycles. The predicted octanol–water partition coefficient (Wildman–Crippen LogP) is 1.37. The fraction of sp³-hybridized carbons (Fsp3) is 0.357. The number of carbonyl (C=O) groups excluding carboxylic acids is 1. The van der Waals surface area contributed by atoms with Crippen molar-refractivity contribution in [2.75, 3.05) is 20.2 Å². The number of nitrogens with zero attached hydrogens (tertiary/aromatic N) is 3. The molecule has 2 aromatic rings. The molecule has 3 rings (SSSR count). The van der Waals surface area contributed by atoms with Crippen molar-refractivity contribution in [1.29, 1.82) is 0 Å². The van der Waals surface area contributed by atoms with Crippen molar-refractivity contribution in [1.82, 2.24) is 14.9 Å². The number of amides is 1. The van der Waals surface area contributed by atoms with Gasteiger partial charge in [-0.05, 0) is 12.1 Å². The van der Waals surface area contributed by atoms with E-state index in [1.807, 2.05) is 0 Å². The van der Waals surface area contributed by atoms with E-state index in [1.165, 1.54) is 19.6 Å². The largest absolute Gasteiger partial charge is 0.477 e. The van der Waals surface area contributed by atoms with Crippen LogP contribution in [0.1, 0.15) is 17.0 Å². The van der Waals surface area contributed by atoms with Crippen LogP contribution in [0.4, 0.5) is 0 Å². The summed E-state index contributed by atoms with van der Waals surface area (Å²) in [6.45, 7) is 1.10. The average molecular weight is 289 g/mol. The Labute approximate surface area is 121 Å². The Kier molecular flexibility index (Phi) is 3.72. The topological polar surface area (TPSA) is 77.7 Å². The van der Waals surface area contributed by atoms with Gasteiger partial charge in [-0.2, -0.15) is 0 Å². The van der Waals surface area contributed by atoms with Crippen molar-refractivity contribution < 1.29 is 18.7 Å². The minimum absolute atomic E-state index is 0.128. The minimum Gasteiger partial charge on any atom is -0.477 e. The second kappa shape index (κ2) is 5.82. The molecule has 2 aromatic heterocycles. The van der Waals surface area contributed by atoms with Gasteiger partial charge >= 0.3 is 0 Å². The van der Waals surface area contributed by atoms with Gasteiger partial charge in [0.1, 0.15) is 6.10 Å². The molecule has 0 radical (unpaired) electrons. The van der Waals surface area contributed by atoms with E-state index in [2.05, 4.69) is 9.97 Å². The van der Waals surface area contributed by atoms with E-state index in [0.717, 1.165) is 6.42 Å². The smallest absolute Gasteiger partial charge is 0.289 e. The number of carbonyl (C=O) groups is 1. The SMILES string of the molecule is COc1nccnc1O[C@@H]1CCN(C(=O)c2ccco2)C1. The Morgan fingerprint density at radius 2 is 2.19 bits per heavy atom. The second-order valence-electron chi connectivity index (χ2n) is 4.63. The number of rotatable bonds is 4. The van der Waals surface area contributed by atoms with Crippen LogP contribution in [0.25, 0.3) is 0 Å². The molecule has 0 spiro atoms. The van der Waals surface area contributed by atoms with E-state index >= 15 is 0 Å². The van der Waals surface area contributed by atoms with E-state index in [0.29, 0.717) is 30.6 Å². The second-order valence-corrected chi connectivity index (χ2v) is 4.63. The Morgan fingerprint density at radius 1 is 1.38 bits per heavy atom. The van der Waals surface area contributed by atoms with Gasteiger partial charge in [-0.1, -0.05) is 0 Å². The Bertz CT molecular complexity index is 614. The number of furan rings is 1. The third-order valence-corrected chi connectivity index (χ3v) is 3.27. The van der Waals surface area contributed by atoms with Crippen molar-refractivity contribution in [3.05, 3.63) is 36.5 Å². The third-order valence-electron chi connectivity index (χ3n) is 3.27. The lowest BCUT2D eigenvalue weighted by atomic mass is 10.3. The monoisotopic (exact) mass is 289 g/mol. The Morgan fingerprint density at radius 3 is 2.90 bits per heavy atom. The summed E-state index contributed by atoms with van der Waals surface area (Å²) in [5, 5.41) is 0. The number of ether oxygens (including phenoxy) is 2. The maximum Gasteiger partial charge on any atom is 0.289 e. The summed E-state index contributed by atoms with van der Waals surface area (Å²) in [6.07, 6.45) is 5.16. The third kappa shape index (κ3) is 2.81. The van der Waals surface area contributed by atoms with Crippen molar-refractivity contribution >= 4 is 5.91 Å². The van der Waals surface area contributed by atoms with Gasteiger partial charge in [-0.15, -0.1) is 0 Å². The molecular formula is C14H15N3O4. The summed E-state index contributed by atoms with van der Waals surface area (Å²) in [5.74, 6) is 0.899. The van der Waals surface area contributed by atoms with Gasteiger partial charge in [-0.3, -0.25) is 4.79 Å². The Balaban J connectivity index is 1.63. The summed E-state index contributed by atoms with van der Waals surface area (Å²) in [6, 6.07) is 3.35. The number of hydrogen-bond acceptors (Lipinski definition) is 6. The summed E-state index contributed by atoms with van der Waals surface area (Å²) >= 11 is 0. The molecule has 21 heavy (non-hydrogen) atoms. The molecule has 0 N–H and O–H groups in total. The highest BCUT2D eigenvalue weighted by atomic mass is 16.5. The van der Waals surface area contributed by atoms with Crippen molar-refractivity contribution in [2.45, 2.75) is 12.5 Å². The average Bonchev–Trinajstić information content (AvgIpc) is 3.19. The van der Waals surface area contributed by atoms with E-state index in [9.17, 15) is 4.79 Å². The molecule has 3 heterocycles. The van der Waals surface area contributed by atoms with Crippen LogP contribution in [0.5, 0.6) is 11.8 Å². The van der Waals surface area contributed by atoms with E-state index < -0.39 is 0 Å². The minimum atomic E-state index is -0.130. The molecule has 7 nitrogen and oxygen atoms in total. The highest BCUT2D eigenvalue weighted by Gasteiger charge is 2.30. The normalized spacial score (nSPS) is 17.8. The maximum absolute atomic E-state index is 12.2. The lowest BCUT2D eigenvalue weighted by Gasteiger charge is -2.16. The zero-order chi connectivity index (χ0) is 14.7. The first-order chi connectivity index (χ1) is 10.3. The van der Waals surface area contributed by atoms with Crippen LogP contribution in [0.3, 0.4) is 0 Å². The van der Waals surface area contributed by atoms with Crippen LogP contribution < -0.4 is 9.47 Å². The molecule has 1 atom stereocenters. The molecule has 0 saturated carbocycles. The van der Waals surface area contributed by atoms with E-state index in [4.69, 9.17) is 13.9 Å². The fourth-order valence-electron chi connectivity index (χ4n) is 2.26. The van der Waals surface area contributed by atoms with Crippen LogP contribution in [0.15, 0.2) is 35.2 Å². The summed E-state index contributed by atoms with van der Waals surface area (Å²) in [5.41, 5.74) is 0. The van der Waals surface area contributed by atoms with Crippen LogP contribution in [0.2, 0.25) is 0 Å². The molecule has 7 heteroatoms. The standard InChI is InChI=1S/C14H15N3O4/c1-19-12-13(16-6-5-15-12)21-10-4-7-17(9-10)14(18)11-3-2-8-20-11/h2-3,5-6,8,10H,4,7,9H2,1H3/t10-/m1/s1. The quantitative estimate of drug-likeness (QED) is 0.846. The molecule has 0 unspecified atom stereocenters. The highest BCUT2D eigenvalue weighted by Crippen LogP contribution is 2.24. The summed E-state index contributed by atoms with van der Waals surface area (Å²) in [4.78, 5) is 22.0. The molecule has 1 fully saturated rings. The van der Waals surface area contributed by atoms with E-state index in [1.54, 1.807) is 23.2 Å². The lowest BCUT2D eigenvalue weighted by Crippen LogP contribution is -2.30. The zero-order valence-electron chi connectivity index (χ0n) is 11.6. The fourth-order valence-corrected chi connectivity index (χ4v) is 2.26. The molecule has 0 aliphatic carbocycles. The summed E-state index contributed by atoms with van der Waals surface area (Å²) in [7, 11) is 1.51. The molecule has 1 aliphatic rings. The van der Waals surface area contributed by atoms with Crippen LogP contribution >= 0.6 is 0 Å². The number of likely N-dealkylation sites (tertiary alicyclic amines) is 1. The maximum atomic E-state index is 12.2. The van der Waals surface area contributed by atoms with Gasteiger partial charge in [0.15, 0.2) is 5.76 Å². The van der Waals surface area contributed by atoms with Crippen molar-refractivity contribution in [3.63, 3.8) is 0 Å². The van der Waals surface area contributed by atoms with Gasteiger partial charge in [0.05, 0.1) is 19.9 Å². The molecule has 0 bridgehead atoms. The van der Waals surface area contributed by atoms with Crippen molar-refractivity contribution in [2.24, 2.45) is 0 Å². The molecule has 1 amide bonds. The van der Waals surface area contributed by atoms with Gasteiger partial charge < -0.3 is 18.8 Å². The number of hydrogen-bond donors (Lipinski definition) is 0. The first kappa shape index (κ1) is 13.4. The number of methoxy groups -OCH3 is 1. The lowest BCUT2D eigenvalue weighted by molar-refractivity contribution is 0.0739. The van der Waals surface area contributed by atoms with Gasteiger partial charge in [0.25, 0.3) is 17.7 Å². The molecule has 110 valence electrons. The predicted molar refractivity (Wildman–Crippen MR) is 72.2 cm³/mol. The molecule has 1 aliphatic heterocycles. The van der Waals surface area contributed by atoms with Gasteiger partial charge in [0, 0.05) is 25.4 Å². The molecule has 0 aromatic carbocycles. The number of aromatic nitrogens is 2. The van der Waals surface area contributed by atoms with Crippen LogP contribution in [-0.4, -0.2) is 47.1 Å². The molecular weight excluding hydrogens is 274 g/mol.